The van der Waals surface area contributed by atoms with Gasteiger partial charge in [0, 0.05) is 0 Å². The van der Waals surface area contributed by atoms with Crippen LogP contribution >= 0.6 is 12.0 Å². The fraction of sp³-hybridized carbons (Fsp3) is 0. The van der Waals surface area contributed by atoms with E-state index in [1.807, 2.05) is 0 Å². The van der Waals surface area contributed by atoms with Crippen LogP contribution in [-0.2, 0) is 0 Å². The standard InChI is InChI=1S/2C6H2F3.BrH.Tl/c2*7-4-1-5(8)3-6(9)2-4;;/h2*1-2H;1H;/q;;;+1/p-1. The monoisotopic (exact) mass is 546 g/mol. The molecule has 0 saturated heterocycles. The van der Waals surface area contributed by atoms with Crippen molar-refractivity contribution in [2.45, 2.75) is 0 Å². The molecule has 0 unspecified atom stereocenters. The average molecular weight is 546 g/mol. The Kier molecular flexibility index (Phi) is 4.77. The van der Waals surface area contributed by atoms with Crippen molar-refractivity contribution in [3.05, 3.63) is 59.2 Å². The summed E-state index contributed by atoms with van der Waals surface area (Å²) in [7, 11) is 0. The molecule has 8 heteroatoms. The molecule has 0 N–H and O–H groups in total. The molecule has 2 rings (SSSR count). The minimum atomic E-state index is -4.08. The molecular weight excluding hydrogens is 542 g/mol. The van der Waals surface area contributed by atoms with Gasteiger partial charge >= 0.3 is 124 Å². The van der Waals surface area contributed by atoms with Gasteiger partial charge in [-0.25, -0.2) is 0 Å². The number of hydrogen-bond donors (Lipinski definition) is 0. The minimum absolute atomic E-state index is 0.437. The van der Waals surface area contributed by atoms with Crippen LogP contribution in [0.25, 0.3) is 0 Å². The summed E-state index contributed by atoms with van der Waals surface area (Å²) >= 11 is -1.12. The Morgan fingerprint density at radius 2 is 0.850 bits per heavy atom. The van der Waals surface area contributed by atoms with Gasteiger partial charge < -0.3 is 0 Å². The van der Waals surface area contributed by atoms with E-state index in [1.165, 1.54) is 0 Å². The van der Waals surface area contributed by atoms with Crippen LogP contribution in [0.5, 0.6) is 0 Å². The summed E-state index contributed by atoms with van der Waals surface area (Å²) in [6.07, 6.45) is 0. The Balaban J connectivity index is 2.61. The van der Waals surface area contributed by atoms with Crippen LogP contribution < -0.4 is 6.25 Å². The summed E-state index contributed by atoms with van der Waals surface area (Å²) in [6.45, 7) is 0. The first-order valence-electron chi connectivity index (χ1n) is 5.24. The molecule has 0 nitrogen and oxygen atoms in total. The van der Waals surface area contributed by atoms with Crippen molar-refractivity contribution in [2.24, 2.45) is 0 Å². The SMILES string of the molecule is Fc1cc(F)[c]([Tl]([Br])[c]2c(F)cc(F)cc2F)c(F)c1. The summed E-state index contributed by atoms with van der Waals surface area (Å²) < 4.78 is 79.0. The van der Waals surface area contributed by atoms with E-state index in [0.29, 0.717) is 24.3 Å². The van der Waals surface area contributed by atoms with Gasteiger partial charge in [-0.05, 0) is 0 Å². The molecule has 0 bridgehead atoms. The van der Waals surface area contributed by atoms with Crippen LogP contribution in [-0.4, -0.2) is 20.3 Å². The topological polar surface area (TPSA) is 0 Å². The molecule has 0 saturated carbocycles. The van der Waals surface area contributed by atoms with Crippen molar-refractivity contribution in [1.82, 2.24) is 0 Å². The van der Waals surface area contributed by atoms with Crippen molar-refractivity contribution in [3.8, 4) is 0 Å². The fourth-order valence-electron chi connectivity index (χ4n) is 1.74. The molecule has 0 amide bonds. The molecule has 0 aliphatic rings. The molecule has 0 spiro atoms. The molecule has 0 atom stereocenters. The van der Waals surface area contributed by atoms with Crippen LogP contribution in [0, 0.1) is 34.9 Å². The van der Waals surface area contributed by atoms with E-state index >= 15 is 0 Å². The molecule has 20 heavy (non-hydrogen) atoms. The summed E-state index contributed by atoms with van der Waals surface area (Å²) in [4.78, 5) is 0. The average Bonchev–Trinajstić information content (AvgIpc) is 2.25. The number of halogens is 7. The number of rotatable bonds is 2. The maximum absolute atomic E-state index is 13.6. The zero-order valence-corrected chi connectivity index (χ0v) is 15.6. The second-order valence-corrected chi connectivity index (χ2v) is 19.3. The van der Waals surface area contributed by atoms with Gasteiger partial charge in [-0.15, -0.1) is 0 Å². The quantitative estimate of drug-likeness (QED) is 0.402. The van der Waals surface area contributed by atoms with Crippen LogP contribution in [0.4, 0.5) is 26.3 Å². The van der Waals surface area contributed by atoms with Gasteiger partial charge in [0.25, 0.3) is 0 Å². The van der Waals surface area contributed by atoms with Crippen molar-refractivity contribution >= 4 is 38.5 Å². The molecule has 0 aliphatic heterocycles. The second kappa shape index (κ2) is 6.04. The van der Waals surface area contributed by atoms with Crippen molar-refractivity contribution < 1.29 is 26.3 Å². The third-order valence-electron chi connectivity index (χ3n) is 2.59. The Bertz CT molecular complexity index is 571. The Labute approximate surface area is 123 Å². The van der Waals surface area contributed by atoms with Crippen LogP contribution in [0.15, 0.2) is 24.3 Å². The molecule has 0 aliphatic carbocycles. The predicted octanol–water partition coefficient (Wildman–Crippen LogP) is 3.02. The summed E-state index contributed by atoms with van der Waals surface area (Å²) in [5.41, 5.74) is 0. The van der Waals surface area contributed by atoms with E-state index in [4.69, 9.17) is 0 Å². The third-order valence-corrected chi connectivity index (χ3v) is 18.9. The van der Waals surface area contributed by atoms with E-state index in [1.54, 1.807) is 0 Å². The van der Waals surface area contributed by atoms with Crippen molar-refractivity contribution in [3.63, 3.8) is 0 Å². The maximum atomic E-state index is 13.6. The van der Waals surface area contributed by atoms with E-state index in [-0.39, 0.29) is 0 Å². The fourth-order valence-corrected chi connectivity index (χ4v) is 15.6. The first kappa shape index (κ1) is 15.8. The van der Waals surface area contributed by atoms with Gasteiger partial charge in [0.05, 0.1) is 0 Å². The molecular formula is C12H4BrF6Tl. The van der Waals surface area contributed by atoms with Crippen molar-refractivity contribution in [1.29, 1.82) is 0 Å². The van der Waals surface area contributed by atoms with Gasteiger partial charge in [0.15, 0.2) is 0 Å². The summed E-state index contributed by atoms with van der Waals surface area (Å²) in [5, 5.41) is 0. The zero-order chi connectivity index (χ0) is 15.0. The molecule has 0 heterocycles. The van der Waals surface area contributed by atoms with Crippen LogP contribution in [0.1, 0.15) is 0 Å². The van der Waals surface area contributed by atoms with Gasteiger partial charge in [-0.2, -0.15) is 0 Å². The molecule has 104 valence electrons. The molecule has 2 aromatic carbocycles. The van der Waals surface area contributed by atoms with E-state index < -0.39 is 61.4 Å². The number of hydrogen-bond acceptors (Lipinski definition) is 0. The second-order valence-electron chi connectivity index (χ2n) is 3.93. The number of benzene rings is 2. The summed E-state index contributed by atoms with van der Waals surface area (Å²) in [6, 6.07) is 1.75. The first-order valence-corrected chi connectivity index (χ1v) is 19.5. The van der Waals surface area contributed by atoms with Gasteiger partial charge in [0.1, 0.15) is 0 Å². The van der Waals surface area contributed by atoms with Gasteiger partial charge in [0.2, 0.25) is 0 Å². The van der Waals surface area contributed by atoms with Crippen LogP contribution in [0.2, 0.25) is 0 Å². The molecule has 0 aromatic heterocycles. The Morgan fingerprint density at radius 3 is 1.10 bits per heavy atom. The van der Waals surface area contributed by atoms with E-state index in [2.05, 4.69) is 12.0 Å². The zero-order valence-electron chi connectivity index (χ0n) is 9.53. The first-order chi connectivity index (χ1) is 9.31. The Morgan fingerprint density at radius 1 is 0.600 bits per heavy atom. The van der Waals surface area contributed by atoms with Crippen LogP contribution in [0.3, 0.4) is 0 Å². The van der Waals surface area contributed by atoms with E-state index in [0.717, 1.165) is 0 Å². The van der Waals surface area contributed by atoms with Crippen molar-refractivity contribution in [2.75, 3.05) is 0 Å². The van der Waals surface area contributed by atoms with Gasteiger partial charge in [-0.3, -0.25) is 0 Å². The Hall–Kier alpha value is -0.578. The van der Waals surface area contributed by atoms with Gasteiger partial charge in [-0.1, -0.05) is 0 Å². The third kappa shape index (κ3) is 3.02. The molecule has 0 fully saturated rings. The molecule has 2 aromatic rings. The summed E-state index contributed by atoms with van der Waals surface area (Å²) in [5.74, 6) is -7.11. The molecule has 0 radical (unpaired) electrons. The van der Waals surface area contributed by atoms with E-state index in [9.17, 15) is 26.3 Å². The predicted molar refractivity (Wildman–Crippen MR) is 66.6 cm³/mol. The normalized spacial score (nSPS) is 10.8.